The van der Waals surface area contributed by atoms with E-state index in [2.05, 4.69) is 24.3 Å². The molecule has 0 N–H and O–H groups in total. The van der Waals surface area contributed by atoms with Crippen molar-refractivity contribution in [2.24, 2.45) is 0 Å². The molecule has 0 heterocycles. The Morgan fingerprint density at radius 2 is 1.75 bits per heavy atom. The van der Waals surface area contributed by atoms with E-state index in [1.165, 1.54) is 5.56 Å². The Morgan fingerprint density at radius 1 is 0.950 bits per heavy atom. The molecule has 1 nitrogen and oxygen atoms in total. The highest BCUT2D eigenvalue weighted by Gasteiger charge is 2.18. The van der Waals surface area contributed by atoms with Gasteiger partial charge in [-0.1, -0.05) is 60.2 Å². The predicted octanol–water partition coefficient (Wildman–Crippen LogP) is 4.57. The van der Waals surface area contributed by atoms with Gasteiger partial charge < -0.3 is 0 Å². The Balaban J connectivity index is 1.99. The second kappa shape index (κ2) is 5.64. The summed E-state index contributed by atoms with van der Waals surface area (Å²) < 4.78 is 0. The van der Waals surface area contributed by atoms with Gasteiger partial charge in [0.15, 0.2) is 0 Å². The number of halogens is 1. The molecule has 20 heavy (non-hydrogen) atoms. The molecule has 0 radical (unpaired) electrons. The van der Waals surface area contributed by atoms with Crippen LogP contribution in [0.1, 0.15) is 28.7 Å². The van der Waals surface area contributed by atoms with Crippen LogP contribution in [0.2, 0.25) is 5.02 Å². The van der Waals surface area contributed by atoms with Gasteiger partial charge in [0.25, 0.3) is 0 Å². The Morgan fingerprint density at radius 3 is 2.55 bits per heavy atom. The van der Waals surface area contributed by atoms with Gasteiger partial charge >= 0.3 is 0 Å². The van der Waals surface area contributed by atoms with Crippen molar-refractivity contribution in [3.8, 4) is 0 Å². The quantitative estimate of drug-likeness (QED) is 0.738. The molecule has 3 rings (SSSR count). The molecule has 0 bridgehead atoms. The van der Waals surface area contributed by atoms with Gasteiger partial charge in [-0.15, -0.1) is 0 Å². The molecule has 0 atom stereocenters. The summed E-state index contributed by atoms with van der Waals surface area (Å²) in [7, 11) is 0. The number of rotatable bonds is 2. The summed E-state index contributed by atoms with van der Waals surface area (Å²) in [6.45, 7) is 0. The van der Waals surface area contributed by atoms with Gasteiger partial charge in [-0.3, -0.25) is 4.79 Å². The maximum Gasteiger partial charge on any atom is 0.137 e. The molecule has 0 unspecified atom stereocenters. The van der Waals surface area contributed by atoms with Crippen LogP contribution < -0.4 is 0 Å². The summed E-state index contributed by atoms with van der Waals surface area (Å²) in [4.78, 5) is 11.6. The average Bonchev–Trinajstić information content (AvgIpc) is 2.47. The van der Waals surface area contributed by atoms with Crippen molar-refractivity contribution in [2.75, 3.05) is 0 Å². The van der Waals surface area contributed by atoms with Crippen molar-refractivity contribution in [1.82, 2.24) is 0 Å². The van der Waals surface area contributed by atoms with Crippen LogP contribution in [0, 0.1) is 0 Å². The minimum absolute atomic E-state index is 0.317. The molecule has 0 aromatic heterocycles. The van der Waals surface area contributed by atoms with Crippen molar-refractivity contribution >= 4 is 29.5 Å². The molecule has 100 valence electrons. The van der Waals surface area contributed by atoms with E-state index in [0.717, 1.165) is 28.1 Å². The molecule has 0 fully saturated rings. The fraction of sp³-hybridized carbons (Fsp3) is 0.167. The molecule has 1 aliphatic rings. The number of ketones is 1. The molecule has 0 saturated heterocycles. The molecule has 2 aromatic rings. The summed E-state index contributed by atoms with van der Waals surface area (Å²) in [6.07, 6.45) is 6.09. The smallest absolute Gasteiger partial charge is 0.137 e. The van der Waals surface area contributed by atoms with Crippen LogP contribution in [0.15, 0.2) is 42.5 Å². The molecule has 0 saturated carbocycles. The van der Waals surface area contributed by atoms with Crippen molar-refractivity contribution in [1.29, 1.82) is 0 Å². The van der Waals surface area contributed by atoms with Gasteiger partial charge in [0.1, 0.15) is 5.78 Å². The monoisotopic (exact) mass is 282 g/mol. The maximum atomic E-state index is 11.6. The first-order valence-electron chi connectivity index (χ1n) is 6.79. The highest BCUT2D eigenvalue weighted by atomic mass is 35.5. The normalized spacial score (nSPS) is 14.6. The van der Waals surface area contributed by atoms with E-state index < -0.39 is 0 Å². The van der Waals surface area contributed by atoms with Crippen LogP contribution >= 0.6 is 11.6 Å². The SMILES string of the molecule is O=C1CCc2c(ccc(Cl)c2/C=C/c2ccccc2)C1. The van der Waals surface area contributed by atoms with Gasteiger partial charge in [-0.25, -0.2) is 0 Å². The van der Waals surface area contributed by atoms with Crippen molar-refractivity contribution in [3.05, 3.63) is 69.7 Å². The molecule has 2 aromatic carbocycles. The van der Waals surface area contributed by atoms with E-state index in [4.69, 9.17) is 11.6 Å². The number of hydrogen-bond acceptors (Lipinski definition) is 1. The Kier molecular flexibility index (Phi) is 3.70. The van der Waals surface area contributed by atoms with Crippen LogP contribution in [0.25, 0.3) is 12.2 Å². The molecule has 0 amide bonds. The van der Waals surface area contributed by atoms with Gasteiger partial charge in [0.2, 0.25) is 0 Å². The van der Waals surface area contributed by atoms with E-state index >= 15 is 0 Å². The second-order valence-electron chi connectivity index (χ2n) is 5.06. The Labute approximate surface area is 123 Å². The lowest BCUT2D eigenvalue weighted by molar-refractivity contribution is -0.118. The van der Waals surface area contributed by atoms with E-state index in [1.54, 1.807) is 0 Å². The highest BCUT2D eigenvalue weighted by molar-refractivity contribution is 6.32. The standard InChI is InChI=1S/C18H15ClO/c19-18-11-7-14-12-15(20)8-10-16(14)17(18)9-6-13-4-2-1-3-5-13/h1-7,9,11H,8,10,12H2/b9-6+. The van der Waals surface area contributed by atoms with E-state index in [-0.39, 0.29) is 0 Å². The first-order chi connectivity index (χ1) is 9.74. The van der Waals surface area contributed by atoms with Crippen molar-refractivity contribution in [3.63, 3.8) is 0 Å². The zero-order chi connectivity index (χ0) is 13.9. The lowest BCUT2D eigenvalue weighted by atomic mass is 9.87. The summed E-state index contributed by atoms with van der Waals surface area (Å²) >= 11 is 6.33. The second-order valence-corrected chi connectivity index (χ2v) is 5.47. The lowest BCUT2D eigenvalue weighted by Crippen LogP contribution is -2.14. The number of carbonyl (C=O) groups is 1. The van der Waals surface area contributed by atoms with Crippen LogP contribution in [0.4, 0.5) is 0 Å². The van der Waals surface area contributed by atoms with E-state index in [0.29, 0.717) is 18.6 Å². The zero-order valence-electron chi connectivity index (χ0n) is 11.1. The molecule has 1 aliphatic carbocycles. The van der Waals surface area contributed by atoms with Crippen LogP contribution in [-0.4, -0.2) is 5.78 Å². The lowest BCUT2D eigenvalue weighted by Gasteiger charge is -2.18. The maximum absolute atomic E-state index is 11.6. The predicted molar refractivity (Wildman–Crippen MR) is 83.9 cm³/mol. The molecule has 2 heteroatoms. The summed E-state index contributed by atoms with van der Waals surface area (Å²) in [6, 6.07) is 14.0. The Bertz CT molecular complexity index is 671. The van der Waals surface area contributed by atoms with E-state index in [9.17, 15) is 4.79 Å². The number of carbonyl (C=O) groups excluding carboxylic acids is 1. The third-order valence-electron chi connectivity index (χ3n) is 3.68. The average molecular weight is 283 g/mol. The third kappa shape index (κ3) is 2.68. The molecular formula is C18H15ClO. The molecule has 0 aliphatic heterocycles. The number of benzene rings is 2. The summed E-state index contributed by atoms with van der Waals surface area (Å²) in [5.74, 6) is 0.317. The topological polar surface area (TPSA) is 17.1 Å². The number of fused-ring (bicyclic) bond motifs is 1. The fourth-order valence-corrected chi connectivity index (χ4v) is 2.87. The van der Waals surface area contributed by atoms with Crippen LogP contribution in [0.5, 0.6) is 0 Å². The van der Waals surface area contributed by atoms with Crippen LogP contribution in [-0.2, 0) is 17.6 Å². The minimum Gasteiger partial charge on any atom is -0.299 e. The third-order valence-corrected chi connectivity index (χ3v) is 4.01. The Hall–Kier alpha value is -1.86. The van der Waals surface area contributed by atoms with Gasteiger partial charge in [0, 0.05) is 17.9 Å². The first kappa shape index (κ1) is 13.1. The summed E-state index contributed by atoms with van der Waals surface area (Å²) in [5.41, 5.74) is 4.55. The fourth-order valence-electron chi connectivity index (χ4n) is 2.63. The van der Waals surface area contributed by atoms with Crippen molar-refractivity contribution < 1.29 is 4.79 Å². The first-order valence-corrected chi connectivity index (χ1v) is 7.17. The molecular weight excluding hydrogens is 268 g/mol. The number of Topliss-reactive ketones (excluding diaryl/α,β-unsaturated/α-hetero) is 1. The minimum atomic E-state index is 0.317. The largest absolute Gasteiger partial charge is 0.299 e. The van der Waals surface area contributed by atoms with Crippen molar-refractivity contribution in [2.45, 2.75) is 19.3 Å². The summed E-state index contributed by atoms with van der Waals surface area (Å²) in [5, 5.41) is 0.755. The zero-order valence-corrected chi connectivity index (χ0v) is 11.9. The van der Waals surface area contributed by atoms with Gasteiger partial charge in [-0.05, 0) is 34.7 Å². The van der Waals surface area contributed by atoms with Crippen LogP contribution in [0.3, 0.4) is 0 Å². The van der Waals surface area contributed by atoms with Gasteiger partial charge in [-0.2, -0.15) is 0 Å². The highest BCUT2D eigenvalue weighted by Crippen LogP contribution is 2.30. The molecule has 0 spiro atoms. The van der Waals surface area contributed by atoms with E-state index in [1.807, 2.05) is 30.3 Å². The van der Waals surface area contributed by atoms with Gasteiger partial charge in [0.05, 0.1) is 0 Å². The number of hydrogen-bond donors (Lipinski definition) is 0.